The van der Waals surface area contributed by atoms with Crippen molar-refractivity contribution in [3.63, 3.8) is 0 Å². The lowest BCUT2D eigenvalue weighted by molar-refractivity contribution is 0.577. The first kappa shape index (κ1) is 19.9. The van der Waals surface area contributed by atoms with Crippen LogP contribution in [0.5, 0.6) is 0 Å². The Morgan fingerprint density at radius 1 is 1.23 bits per heavy atom. The van der Waals surface area contributed by atoms with E-state index in [9.17, 15) is 4.39 Å². The van der Waals surface area contributed by atoms with Crippen molar-refractivity contribution >= 4 is 29.9 Å². The molecule has 9 heteroatoms. The zero-order valence-corrected chi connectivity index (χ0v) is 16.5. The first-order valence-corrected chi connectivity index (χ1v) is 7.88. The van der Waals surface area contributed by atoms with Gasteiger partial charge in [-0.1, -0.05) is 12.1 Å². The minimum absolute atomic E-state index is 0. The molecule has 0 fully saturated rings. The van der Waals surface area contributed by atoms with Crippen LogP contribution in [0.1, 0.15) is 11.4 Å². The highest BCUT2D eigenvalue weighted by Crippen LogP contribution is 2.14. The molecule has 1 aromatic carbocycles. The Morgan fingerprint density at radius 3 is 2.73 bits per heavy atom. The molecular weight excluding hydrogens is 450 g/mol. The second-order valence-electron chi connectivity index (χ2n) is 5.31. The quantitative estimate of drug-likeness (QED) is 0.293. The van der Waals surface area contributed by atoms with Crippen LogP contribution in [0.2, 0.25) is 0 Å². The number of hydrogen-bond donors (Lipinski definition) is 3. The highest BCUT2D eigenvalue weighted by molar-refractivity contribution is 14.0. The van der Waals surface area contributed by atoms with Crippen LogP contribution in [0.4, 0.5) is 4.39 Å². The van der Waals surface area contributed by atoms with Gasteiger partial charge in [0.25, 0.3) is 0 Å². The summed E-state index contributed by atoms with van der Waals surface area (Å²) in [5.41, 5.74) is 1.06. The maximum atomic E-state index is 12.9. The summed E-state index contributed by atoms with van der Waals surface area (Å²) in [7, 11) is 1.70. The second kappa shape index (κ2) is 9.90. The van der Waals surface area contributed by atoms with Crippen molar-refractivity contribution in [1.29, 1.82) is 0 Å². The lowest BCUT2D eigenvalue weighted by Crippen LogP contribution is -2.38. The normalized spacial score (nSPS) is 11.1. The molecule has 0 radical (unpaired) electrons. The summed E-state index contributed by atoms with van der Waals surface area (Å²) in [5.74, 6) is 2.23. The zero-order chi connectivity index (χ0) is 17.5. The van der Waals surface area contributed by atoms with Crippen molar-refractivity contribution in [1.82, 2.24) is 25.8 Å². The van der Waals surface area contributed by atoms with Crippen molar-refractivity contribution in [3.8, 4) is 11.6 Å². The molecule has 0 spiro atoms. The van der Waals surface area contributed by atoms with Gasteiger partial charge >= 0.3 is 0 Å². The van der Waals surface area contributed by atoms with Gasteiger partial charge in [0, 0.05) is 13.6 Å². The van der Waals surface area contributed by atoms with Crippen LogP contribution >= 0.6 is 24.0 Å². The first-order chi connectivity index (χ1) is 12.2. The Bertz CT molecular complexity index is 816. The molecule has 0 saturated carbocycles. The van der Waals surface area contributed by atoms with Gasteiger partial charge in [0.1, 0.15) is 11.6 Å². The van der Waals surface area contributed by atoms with Crippen LogP contribution in [-0.4, -0.2) is 34.7 Å². The van der Waals surface area contributed by atoms with Crippen LogP contribution in [0.3, 0.4) is 0 Å². The van der Waals surface area contributed by atoms with E-state index in [1.807, 2.05) is 0 Å². The SMILES string of the molecule is CN=C(NCCc1ccc(F)cc1)NCc1nc(-c2ccco2)n[nH]1.I. The fraction of sp³-hybridized carbons (Fsp3) is 0.235. The molecule has 3 rings (SSSR count). The van der Waals surface area contributed by atoms with Gasteiger partial charge in [-0.3, -0.25) is 10.1 Å². The number of furan rings is 1. The molecule has 0 aliphatic heterocycles. The predicted octanol–water partition coefficient (Wildman–Crippen LogP) is 2.73. The van der Waals surface area contributed by atoms with E-state index in [4.69, 9.17) is 4.42 Å². The van der Waals surface area contributed by atoms with E-state index < -0.39 is 0 Å². The Morgan fingerprint density at radius 2 is 2.04 bits per heavy atom. The second-order valence-corrected chi connectivity index (χ2v) is 5.31. The number of nitrogens with one attached hydrogen (secondary N) is 3. The number of guanidine groups is 1. The molecule has 138 valence electrons. The van der Waals surface area contributed by atoms with Crippen LogP contribution in [0.15, 0.2) is 52.1 Å². The molecule has 0 saturated heterocycles. The minimum atomic E-state index is -0.227. The number of aromatic amines is 1. The highest BCUT2D eigenvalue weighted by Gasteiger charge is 2.08. The molecule has 0 atom stereocenters. The molecule has 0 aliphatic carbocycles. The van der Waals surface area contributed by atoms with E-state index >= 15 is 0 Å². The van der Waals surface area contributed by atoms with E-state index in [2.05, 4.69) is 30.8 Å². The van der Waals surface area contributed by atoms with Crippen molar-refractivity contribution in [3.05, 3.63) is 59.9 Å². The highest BCUT2D eigenvalue weighted by atomic mass is 127. The van der Waals surface area contributed by atoms with E-state index in [0.717, 1.165) is 12.0 Å². The summed E-state index contributed by atoms with van der Waals surface area (Å²) >= 11 is 0. The molecule has 3 aromatic rings. The largest absolute Gasteiger partial charge is 0.461 e. The third-order valence-electron chi connectivity index (χ3n) is 3.54. The summed E-state index contributed by atoms with van der Waals surface area (Å²) in [6, 6.07) is 10.1. The van der Waals surface area contributed by atoms with Gasteiger partial charge in [-0.15, -0.1) is 29.1 Å². The summed E-state index contributed by atoms with van der Waals surface area (Å²) in [4.78, 5) is 8.51. The van der Waals surface area contributed by atoms with Gasteiger partial charge in [-0.25, -0.2) is 9.37 Å². The fourth-order valence-corrected chi connectivity index (χ4v) is 2.25. The van der Waals surface area contributed by atoms with Crippen molar-refractivity contribution in [2.75, 3.05) is 13.6 Å². The third-order valence-corrected chi connectivity index (χ3v) is 3.54. The molecule has 0 amide bonds. The van der Waals surface area contributed by atoms with Gasteiger partial charge in [0.05, 0.1) is 12.8 Å². The van der Waals surface area contributed by atoms with Crippen molar-refractivity contribution in [2.45, 2.75) is 13.0 Å². The predicted molar refractivity (Wildman–Crippen MR) is 108 cm³/mol. The van der Waals surface area contributed by atoms with Crippen LogP contribution in [0, 0.1) is 5.82 Å². The average molecular weight is 470 g/mol. The number of halogens is 2. The number of aromatic nitrogens is 3. The zero-order valence-electron chi connectivity index (χ0n) is 14.2. The molecule has 7 nitrogen and oxygen atoms in total. The maximum Gasteiger partial charge on any atom is 0.216 e. The molecular formula is C17H20FIN6O. The summed E-state index contributed by atoms with van der Waals surface area (Å²) in [6.07, 6.45) is 2.35. The molecule has 0 unspecified atom stereocenters. The number of benzene rings is 1. The first-order valence-electron chi connectivity index (χ1n) is 7.88. The lowest BCUT2D eigenvalue weighted by atomic mass is 10.1. The Hall–Kier alpha value is -2.43. The van der Waals surface area contributed by atoms with E-state index in [1.165, 1.54) is 12.1 Å². The van der Waals surface area contributed by atoms with Gasteiger partial charge in [0.2, 0.25) is 5.82 Å². The summed E-state index contributed by atoms with van der Waals surface area (Å²) < 4.78 is 18.1. The smallest absolute Gasteiger partial charge is 0.216 e. The number of hydrogen-bond acceptors (Lipinski definition) is 4. The average Bonchev–Trinajstić information content (AvgIpc) is 3.31. The number of aliphatic imine (C=N–C) groups is 1. The van der Waals surface area contributed by atoms with E-state index in [1.54, 1.807) is 37.6 Å². The molecule has 26 heavy (non-hydrogen) atoms. The van der Waals surface area contributed by atoms with Crippen molar-refractivity contribution in [2.24, 2.45) is 4.99 Å². The third kappa shape index (κ3) is 5.55. The van der Waals surface area contributed by atoms with E-state index in [0.29, 0.717) is 36.5 Å². The van der Waals surface area contributed by atoms with Gasteiger partial charge in [0.15, 0.2) is 11.7 Å². The van der Waals surface area contributed by atoms with Crippen molar-refractivity contribution < 1.29 is 8.81 Å². The Kier molecular flexibility index (Phi) is 7.57. The van der Waals surface area contributed by atoms with Gasteiger partial charge in [-0.2, -0.15) is 0 Å². The van der Waals surface area contributed by atoms with Gasteiger partial charge < -0.3 is 15.1 Å². The minimum Gasteiger partial charge on any atom is -0.461 e. The van der Waals surface area contributed by atoms with E-state index in [-0.39, 0.29) is 29.8 Å². The molecule has 2 heterocycles. The van der Waals surface area contributed by atoms with Crippen LogP contribution < -0.4 is 10.6 Å². The summed E-state index contributed by atoms with van der Waals surface area (Å²) in [6.45, 7) is 1.13. The number of nitrogens with zero attached hydrogens (tertiary/aromatic N) is 3. The Labute approximate surface area is 167 Å². The lowest BCUT2D eigenvalue weighted by Gasteiger charge is -2.10. The molecule has 0 bridgehead atoms. The van der Waals surface area contributed by atoms with Crippen LogP contribution in [-0.2, 0) is 13.0 Å². The summed E-state index contributed by atoms with van der Waals surface area (Å²) in [5, 5.41) is 13.3. The maximum absolute atomic E-state index is 12.9. The fourth-order valence-electron chi connectivity index (χ4n) is 2.25. The number of rotatable bonds is 6. The monoisotopic (exact) mass is 470 g/mol. The van der Waals surface area contributed by atoms with Gasteiger partial charge in [-0.05, 0) is 36.2 Å². The molecule has 0 aliphatic rings. The Balaban J connectivity index is 0.00000243. The molecule has 3 N–H and O–H groups in total. The van der Waals surface area contributed by atoms with Crippen LogP contribution in [0.25, 0.3) is 11.6 Å². The topological polar surface area (TPSA) is 91.1 Å². The standard InChI is InChI=1S/C17H19FN6O.HI/c1-19-17(20-9-8-12-4-6-13(18)7-5-12)21-11-15-22-16(24-23-15)14-3-2-10-25-14;/h2-7,10H,8-9,11H2,1H3,(H2,19,20,21)(H,22,23,24);1H. The number of H-pyrrole nitrogens is 1. The molecule has 2 aromatic heterocycles.